The van der Waals surface area contributed by atoms with Gasteiger partial charge in [0.2, 0.25) is 8.32 Å². The molecule has 0 saturated heterocycles. The Labute approximate surface area is 120 Å². The van der Waals surface area contributed by atoms with Crippen LogP contribution in [0.2, 0.25) is 18.1 Å². The molecule has 0 aromatic heterocycles. The fourth-order valence-corrected chi connectivity index (χ4v) is 2.77. The number of nitrogens with two attached hydrogens (primary N) is 1. The molecule has 0 amide bonds. The Morgan fingerprint density at radius 2 is 1.83 bits per heavy atom. The van der Waals surface area contributed by atoms with Crippen LogP contribution in [0.25, 0.3) is 0 Å². The minimum Gasteiger partial charge on any atom is -0.543 e. The third-order valence-corrected chi connectivity index (χ3v) is 8.47. The lowest BCUT2D eigenvalue weighted by Crippen LogP contribution is -2.44. The normalized spacial score (nSPS) is 14.4. The molecule has 0 aliphatic rings. The lowest BCUT2D eigenvalue weighted by Gasteiger charge is -2.37. The molecule has 1 aromatic carbocycles. The van der Waals surface area contributed by atoms with Gasteiger partial charge in [-0.05, 0) is 37.2 Å². The summed E-state index contributed by atoms with van der Waals surface area (Å²) in [6, 6.07) is 6.06. The van der Waals surface area contributed by atoms with Crippen LogP contribution >= 0.6 is 15.9 Å². The molecule has 0 heterocycles. The first-order valence-electron chi connectivity index (χ1n) is 6.28. The Morgan fingerprint density at radius 1 is 1.28 bits per heavy atom. The minimum absolute atomic E-state index is 0.0159. The first-order valence-corrected chi connectivity index (χ1v) is 9.99. The van der Waals surface area contributed by atoms with Crippen LogP contribution in [0.3, 0.4) is 0 Å². The SMILES string of the molecule is C[C@@H](N)c1ccc(Br)cc1O[Si](C)(C)C(C)(C)C. The first kappa shape index (κ1) is 15.7. The Balaban J connectivity index is 3.14. The number of halogens is 1. The molecule has 0 spiro atoms. The third-order valence-electron chi connectivity index (χ3n) is 3.64. The molecular weight excluding hydrogens is 306 g/mol. The Hall–Kier alpha value is -0.323. The zero-order chi connectivity index (χ0) is 14.1. The van der Waals surface area contributed by atoms with Crippen LogP contribution in [0.4, 0.5) is 0 Å². The van der Waals surface area contributed by atoms with Gasteiger partial charge >= 0.3 is 0 Å². The molecule has 1 atom stereocenters. The van der Waals surface area contributed by atoms with Crippen molar-refractivity contribution in [3.8, 4) is 5.75 Å². The summed E-state index contributed by atoms with van der Waals surface area (Å²) >= 11 is 3.50. The number of rotatable bonds is 3. The van der Waals surface area contributed by atoms with Gasteiger partial charge in [0, 0.05) is 16.1 Å². The van der Waals surface area contributed by atoms with Crippen molar-refractivity contribution in [3.63, 3.8) is 0 Å². The van der Waals surface area contributed by atoms with Crippen molar-refractivity contribution in [2.75, 3.05) is 0 Å². The summed E-state index contributed by atoms with van der Waals surface area (Å²) < 4.78 is 7.40. The number of hydrogen-bond donors (Lipinski definition) is 1. The van der Waals surface area contributed by atoms with Crippen molar-refractivity contribution in [2.24, 2.45) is 5.73 Å². The van der Waals surface area contributed by atoms with Crippen LogP contribution < -0.4 is 10.2 Å². The molecule has 0 saturated carbocycles. The van der Waals surface area contributed by atoms with Crippen LogP contribution in [0.1, 0.15) is 39.3 Å². The summed E-state index contributed by atoms with van der Waals surface area (Å²) in [5.74, 6) is 0.922. The standard InChI is InChI=1S/C14H24BrNOSi/c1-10(16)12-8-7-11(15)9-13(12)17-18(5,6)14(2,3)4/h7-10H,16H2,1-6H3/t10-/m1/s1. The van der Waals surface area contributed by atoms with Gasteiger partial charge in [-0.25, -0.2) is 0 Å². The van der Waals surface area contributed by atoms with Gasteiger partial charge in [0.25, 0.3) is 0 Å². The van der Waals surface area contributed by atoms with E-state index >= 15 is 0 Å². The molecule has 0 aliphatic heterocycles. The van der Waals surface area contributed by atoms with Crippen LogP contribution in [0.5, 0.6) is 5.75 Å². The van der Waals surface area contributed by atoms with Crippen LogP contribution in [0.15, 0.2) is 22.7 Å². The van der Waals surface area contributed by atoms with Crippen molar-refractivity contribution in [1.82, 2.24) is 0 Å². The lowest BCUT2D eigenvalue weighted by molar-refractivity contribution is 0.483. The van der Waals surface area contributed by atoms with E-state index in [1.807, 2.05) is 25.1 Å². The van der Waals surface area contributed by atoms with Crippen LogP contribution in [0, 0.1) is 0 Å². The molecule has 0 aliphatic carbocycles. The highest BCUT2D eigenvalue weighted by Crippen LogP contribution is 2.39. The highest BCUT2D eigenvalue weighted by molar-refractivity contribution is 9.10. The van der Waals surface area contributed by atoms with E-state index in [-0.39, 0.29) is 11.1 Å². The molecule has 0 radical (unpaired) electrons. The topological polar surface area (TPSA) is 35.2 Å². The van der Waals surface area contributed by atoms with Crippen molar-refractivity contribution in [3.05, 3.63) is 28.2 Å². The van der Waals surface area contributed by atoms with E-state index in [0.29, 0.717) is 0 Å². The quantitative estimate of drug-likeness (QED) is 0.804. The lowest BCUT2D eigenvalue weighted by atomic mass is 10.1. The summed E-state index contributed by atoms with van der Waals surface area (Å²) in [5.41, 5.74) is 7.08. The van der Waals surface area contributed by atoms with Gasteiger partial charge in [-0.3, -0.25) is 0 Å². The van der Waals surface area contributed by atoms with Gasteiger partial charge < -0.3 is 10.2 Å². The second-order valence-corrected chi connectivity index (χ2v) is 12.0. The largest absolute Gasteiger partial charge is 0.543 e. The molecule has 1 aromatic rings. The predicted molar refractivity (Wildman–Crippen MR) is 84.6 cm³/mol. The average Bonchev–Trinajstić information content (AvgIpc) is 2.14. The summed E-state index contributed by atoms with van der Waals surface area (Å²) in [7, 11) is -1.82. The monoisotopic (exact) mass is 329 g/mol. The molecule has 0 bridgehead atoms. The van der Waals surface area contributed by atoms with Gasteiger partial charge in [-0.15, -0.1) is 0 Å². The molecule has 102 valence electrons. The maximum absolute atomic E-state index is 6.37. The maximum atomic E-state index is 6.37. The van der Waals surface area contributed by atoms with Crippen LogP contribution in [-0.2, 0) is 0 Å². The highest BCUT2D eigenvalue weighted by atomic mass is 79.9. The van der Waals surface area contributed by atoms with Crippen molar-refractivity contribution in [1.29, 1.82) is 0 Å². The van der Waals surface area contributed by atoms with Gasteiger partial charge in [-0.1, -0.05) is 42.8 Å². The van der Waals surface area contributed by atoms with Crippen molar-refractivity contribution < 1.29 is 4.43 Å². The van der Waals surface area contributed by atoms with Gasteiger partial charge in [-0.2, -0.15) is 0 Å². The maximum Gasteiger partial charge on any atom is 0.250 e. The van der Waals surface area contributed by atoms with E-state index in [2.05, 4.69) is 49.8 Å². The Kier molecular flexibility index (Phi) is 4.68. The summed E-state index contributed by atoms with van der Waals surface area (Å²) in [5, 5.41) is 0.185. The van der Waals surface area contributed by atoms with E-state index in [9.17, 15) is 0 Å². The van der Waals surface area contributed by atoms with E-state index in [1.54, 1.807) is 0 Å². The Bertz CT molecular complexity index is 424. The molecule has 2 nitrogen and oxygen atoms in total. The van der Waals surface area contributed by atoms with E-state index in [1.165, 1.54) is 0 Å². The fraction of sp³-hybridized carbons (Fsp3) is 0.571. The zero-order valence-electron chi connectivity index (χ0n) is 12.2. The van der Waals surface area contributed by atoms with E-state index in [4.69, 9.17) is 10.2 Å². The number of hydrogen-bond acceptors (Lipinski definition) is 2. The molecular formula is C14H24BrNOSi. The van der Waals surface area contributed by atoms with Crippen LogP contribution in [-0.4, -0.2) is 8.32 Å². The molecule has 1 rings (SSSR count). The molecule has 2 N–H and O–H groups in total. The smallest absolute Gasteiger partial charge is 0.250 e. The van der Waals surface area contributed by atoms with E-state index in [0.717, 1.165) is 15.8 Å². The minimum atomic E-state index is -1.82. The molecule has 0 fully saturated rings. The third kappa shape index (κ3) is 3.59. The van der Waals surface area contributed by atoms with Gasteiger partial charge in [0.05, 0.1) is 0 Å². The molecule has 0 unspecified atom stereocenters. The summed E-state index contributed by atoms with van der Waals surface area (Å²) in [6.45, 7) is 13.2. The Morgan fingerprint density at radius 3 is 2.28 bits per heavy atom. The molecule has 18 heavy (non-hydrogen) atoms. The average molecular weight is 330 g/mol. The summed E-state index contributed by atoms with van der Waals surface area (Å²) in [4.78, 5) is 0. The summed E-state index contributed by atoms with van der Waals surface area (Å²) in [6.07, 6.45) is 0. The second-order valence-electron chi connectivity index (χ2n) is 6.33. The number of benzene rings is 1. The zero-order valence-corrected chi connectivity index (χ0v) is 14.8. The van der Waals surface area contributed by atoms with Crippen molar-refractivity contribution >= 4 is 24.2 Å². The van der Waals surface area contributed by atoms with Gasteiger partial charge in [0.1, 0.15) is 5.75 Å². The highest BCUT2D eigenvalue weighted by Gasteiger charge is 2.39. The second kappa shape index (κ2) is 5.35. The van der Waals surface area contributed by atoms with Crippen molar-refractivity contribution in [2.45, 2.75) is 51.9 Å². The first-order chi connectivity index (χ1) is 8.04. The van der Waals surface area contributed by atoms with E-state index < -0.39 is 8.32 Å². The molecule has 4 heteroatoms. The van der Waals surface area contributed by atoms with Gasteiger partial charge in [0.15, 0.2) is 0 Å². The predicted octanol–water partition coefficient (Wildman–Crippen LogP) is 4.85. The fourth-order valence-electron chi connectivity index (χ4n) is 1.40.